The molecule has 0 amide bonds. The minimum Gasteiger partial charge on any atom is -0.312 e. The zero-order valence-electron chi connectivity index (χ0n) is 12.8. The lowest BCUT2D eigenvalue weighted by Crippen LogP contribution is -2.29. The van der Waals surface area contributed by atoms with E-state index in [0.29, 0.717) is 0 Å². The van der Waals surface area contributed by atoms with Crippen LogP contribution in [0.2, 0.25) is 19.6 Å². The van der Waals surface area contributed by atoms with Crippen molar-refractivity contribution in [2.75, 3.05) is 0 Å². The van der Waals surface area contributed by atoms with Gasteiger partial charge in [-0.25, -0.2) is 0 Å². The first-order chi connectivity index (χ1) is 10.2. The number of benzene rings is 3. The van der Waals surface area contributed by atoms with Gasteiger partial charge in [0.1, 0.15) is 0 Å². The minimum absolute atomic E-state index is 0.220. The van der Waals surface area contributed by atoms with Gasteiger partial charge in [0.15, 0.2) is 0 Å². The van der Waals surface area contributed by atoms with Gasteiger partial charge in [0.25, 0.3) is 10.1 Å². The Kier molecular flexibility index (Phi) is 3.59. The highest BCUT2D eigenvalue weighted by molar-refractivity contribution is 7.87. The molecule has 3 aromatic carbocycles. The van der Waals surface area contributed by atoms with Gasteiger partial charge >= 0.3 is 0 Å². The number of rotatable bonds is 3. The van der Waals surface area contributed by atoms with E-state index in [2.05, 4.69) is 6.07 Å². The summed E-state index contributed by atoms with van der Waals surface area (Å²) >= 11 is 0. The molecule has 5 heteroatoms. The van der Waals surface area contributed by atoms with Crippen LogP contribution in [-0.4, -0.2) is 16.7 Å². The molecule has 0 bridgehead atoms. The Morgan fingerprint density at radius 1 is 0.773 bits per heavy atom. The molecule has 3 rings (SSSR count). The van der Waals surface area contributed by atoms with Crippen molar-refractivity contribution < 1.29 is 12.3 Å². The molecule has 0 aromatic heterocycles. The Labute approximate surface area is 131 Å². The number of hydrogen-bond donors (Lipinski definition) is 0. The number of hydrogen-bond acceptors (Lipinski definition) is 3. The molecule has 0 heterocycles. The van der Waals surface area contributed by atoms with Crippen molar-refractivity contribution in [3.05, 3.63) is 54.6 Å². The van der Waals surface area contributed by atoms with Crippen LogP contribution in [0.3, 0.4) is 0 Å². The first kappa shape index (κ1) is 15.2. The predicted molar refractivity (Wildman–Crippen MR) is 93.1 cm³/mol. The fourth-order valence-electron chi connectivity index (χ4n) is 2.45. The van der Waals surface area contributed by atoms with E-state index in [1.807, 2.05) is 56.0 Å². The smallest absolute Gasteiger partial charge is 0.287 e. The highest BCUT2D eigenvalue weighted by atomic mass is 32.2. The zero-order chi connectivity index (χ0) is 16.0. The van der Waals surface area contributed by atoms with E-state index in [0.717, 1.165) is 21.5 Å². The van der Waals surface area contributed by atoms with Gasteiger partial charge in [-0.3, -0.25) is 0 Å². The summed E-state index contributed by atoms with van der Waals surface area (Å²) in [5.74, 6) is 0. The third kappa shape index (κ3) is 3.06. The highest BCUT2D eigenvalue weighted by Crippen LogP contribution is 2.26. The van der Waals surface area contributed by atoms with Crippen molar-refractivity contribution in [3.63, 3.8) is 0 Å². The molecule has 3 nitrogen and oxygen atoms in total. The molecule has 0 unspecified atom stereocenters. The van der Waals surface area contributed by atoms with Crippen LogP contribution in [0.1, 0.15) is 0 Å². The fraction of sp³-hybridized carbons (Fsp3) is 0.176. The van der Waals surface area contributed by atoms with Crippen LogP contribution >= 0.6 is 0 Å². The molecule has 0 aliphatic rings. The summed E-state index contributed by atoms with van der Waals surface area (Å²) in [7, 11) is -5.88. The van der Waals surface area contributed by atoms with E-state index in [9.17, 15) is 8.42 Å². The topological polar surface area (TPSA) is 43.4 Å². The third-order valence-corrected chi connectivity index (χ3v) is 7.03. The lowest BCUT2D eigenvalue weighted by atomic mass is 10.0. The summed E-state index contributed by atoms with van der Waals surface area (Å²) < 4.78 is 30.1. The van der Waals surface area contributed by atoms with Gasteiger partial charge in [0.05, 0.1) is 4.90 Å². The lowest BCUT2D eigenvalue weighted by molar-refractivity contribution is 0.486. The summed E-state index contributed by atoms with van der Waals surface area (Å²) in [5, 5.41) is 4.16. The quantitative estimate of drug-likeness (QED) is 0.523. The number of fused-ring (bicyclic) bond motifs is 2. The standard InChI is InChI=1S/C17H18O3SSi/c1-22(2,3)20-21(18,19)17-9-8-15-10-13-6-4-5-7-14(13)11-16(15)12-17/h4-12H,1-3H3. The minimum atomic E-state index is -3.70. The van der Waals surface area contributed by atoms with Crippen molar-refractivity contribution in [2.24, 2.45) is 0 Å². The molecular weight excluding hydrogens is 312 g/mol. The first-order valence-corrected chi connectivity index (χ1v) is 11.9. The van der Waals surface area contributed by atoms with Crippen molar-refractivity contribution in [1.82, 2.24) is 0 Å². The molecule has 0 saturated heterocycles. The van der Waals surface area contributed by atoms with Gasteiger partial charge in [-0.05, 0) is 65.5 Å². The molecule has 0 aliphatic carbocycles. The molecular formula is C17H18O3SSi. The van der Waals surface area contributed by atoms with E-state index in [4.69, 9.17) is 3.87 Å². The lowest BCUT2D eigenvalue weighted by Gasteiger charge is -2.17. The van der Waals surface area contributed by atoms with E-state index >= 15 is 0 Å². The monoisotopic (exact) mass is 330 g/mol. The van der Waals surface area contributed by atoms with Gasteiger partial charge in [0, 0.05) is 0 Å². The summed E-state index contributed by atoms with van der Waals surface area (Å²) in [5.41, 5.74) is 0. The van der Waals surface area contributed by atoms with Crippen LogP contribution in [-0.2, 0) is 14.0 Å². The largest absolute Gasteiger partial charge is 0.312 e. The van der Waals surface area contributed by atoms with E-state index in [1.165, 1.54) is 0 Å². The molecule has 3 aromatic rings. The SMILES string of the molecule is C[Si](C)(C)OS(=O)(=O)c1ccc2cc3ccccc3cc2c1. The second kappa shape index (κ2) is 5.19. The maximum atomic E-state index is 12.4. The normalized spacial score (nSPS) is 12.9. The van der Waals surface area contributed by atoms with Crippen LogP contribution in [0.5, 0.6) is 0 Å². The summed E-state index contributed by atoms with van der Waals surface area (Å²) in [6.45, 7) is 5.58. The molecule has 0 aliphatic heterocycles. The Morgan fingerprint density at radius 2 is 1.32 bits per heavy atom. The summed E-state index contributed by atoms with van der Waals surface area (Å²) in [4.78, 5) is 0.220. The van der Waals surface area contributed by atoms with Crippen LogP contribution in [0.4, 0.5) is 0 Å². The summed E-state index contributed by atoms with van der Waals surface area (Å²) in [6.07, 6.45) is 0. The van der Waals surface area contributed by atoms with Crippen LogP contribution in [0.15, 0.2) is 59.5 Å². The highest BCUT2D eigenvalue weighted by Gasteiger charge is 2.26. The molecule has 0 fully saturated rings. The average Bonchev–Trinajstić information content (AvgIpc) is 2.42. The van der Waals surface area contributed by atoms with E-state index in [-0.39, 0.29) is 4.90 Å². The van der Waals surface area contributed by atoms with E-state index < -0.39 is 18.4 Å². The van der Waals surface area contributed by atoms with Crippen molar-refractivity contribution >= 4 is 40.0 Å². The molecule has 0 atom stereocenters. The molecule has 0 spiro atoms. The van der Waals surface area contributed by atoms with Crippen molar-refractivity contribution in [1.29, 1.82) is 0 Å². The van der Waals surface area contributed by atoms with Gasteiger partial charge in [0.2, 0.25) is 8.32 Å². The fourth-order valence-corrected chi connectivity index (χ4v) is 5.97. The molecule has 0 N–H and O–H groups in total. The van der Waals surface area contributed by atoms with Gasteiger partial charge < -0.3 is 3.87 Å². The third-order valence-electron chi connectivity index (χ3n) is 3.32. The van der Waals surface area contributed by atoms with Gasteiger partial charge in [-0.1, -0.05) is 30.3 Å². The second-order valence-electron chi connectivity index (χ2n) is 6.36. The maximum Gasteiger partial charge on any atom is 0.287 e. The van der Waals surface area contributed by atoms with E-state index in [1.54, 1.807) is 12.1 Å². The van der Waals surface area contributed by atoms with Gasteiger partial charge in [-0.2, -0.15) is 8.42 Å². The molecule has 0 saturated carbocycles. The Morgan fingerprint density at radius 3 is 1.91 bits per heavy atom. The molecule has 22 heavy (non-hydrogen) atoms. The zero-order valence-corrected chi connectivity index (χ0v) is 14.6. The Bertz CT molecular complexity index is 956. The molecule has 0 radical (unpaired) electrons. The predicted octanol–water partition coefficient (Wildman–Crippen LogP) is 4.53. The molecule has 114 valence electrons. The Balaban J connectivity index is 2.15. The van der Waals surface area contributed by atoms with Crippen LogP contribution in [0, 0.1) is 0 Å². The summed E-state index contributed by atoms with van der Waals surface area (Å²) in [6, 6.07) is 17.3. The van der Waals surface area contributed by atoms with Crippen molar-refractivity contribution in [3.8, 4) is 0 Å². The average molecular weight is 330 g/mol. The maximum absolute atomic E-state index is 12.4. The Hall–Kier alpha value is -1.69. The van der Waals surface area contributed by atoms with Crippen molar-refractivity contribution in [2.45, 2.75) is 24.5 Å². The van der Waals surface area contributed by atoms with Gasteiger partial charge in [-0.15, -0.1) is 0 Å². The first-order valence-electron chi connectivity index (χ1n) is 7.13. The second-order valence-corrected chi connectivity index (χ2v) is 12.6. The van der Waals surface area contributed by atoms with Crippen LogP contribution < -0.4 is 0 Å². The van der Waals surface area contributed by atoms with Crippen LogP contribution in [0.25, 0.3) is 21.5 Å².